The number of hydrogen-bond acceptors (Lipinski definition) is 7. The third-order valence-corrected chi connectivity index (χ3v) is 7.97. The Hall–Kier alpha value is -1.02. The molecule has 0 amide bonds. The van der Waals surface area contributed by atoms with Gasteiger partial charge in [0.15, 0.2) is 0 Å². The lowest BCUT2D eigenvalue weighted by molar-refractivity contribution is -0.870. The van der Waals surface area contributed by atoms with Gasteiger partial charge in [-0.25, -0.2) is 0 Å². The number of nitrogens with zero attached hydrogens (tertiary/aromatic N) is 1. The summed E-state index contributed by atoms with van der Waals surface area (Å²) in [6.45, 7) is 5.29. The zero-order valence-electron chi connectivity index (χ0n) is 28.4. The Labute approximate surface area is 264 Å². The van der Waals surface area contributed by atoms with Gasteiger partial charge in [0, 0.05) is 13.0 Å². The summed E-state index contributed by atoms with van der Waals surface area (Å²) in [6, 6.07) is 0. The van der Waals surface area contributed by atoms with E-state index in [1.54, 1.807) is 0 Å². The number of rotatable bonds is 31. The van der Waals surface area contributed by atoms with E-state index in [1.165, 1.54) is 51.4 Å². The molecule has 8 nitrogen and oxygen atoms in total. The minimum Gasteiger partial charge on any atom is -0.756 e. The topological polar surface area (TPSA) is 94.1 Å². The average molecular weight is 632 g/mol. The molecule has 0 aromatic rings. The minimum absolute atomic E-state index is 0.0239. The minimum atomic E-state index is -4.51. The molecule has 9 heteroatoms. The summed E-state index contributed by atoms with van der Waals surface area (Å²) in [4.78, 5) is 24.7. The van der Waals surface area contributed by atoms with Gasteiger partial charge >= 0.3 is 5.97 Å². The molecule has 0 N–H and O–H groups in total. The van der Waals surface area contributed by atoms with E-state index in [0.717, 1.165) is 57.8 Å². The van der Waals surface area contributed by atoms with Gasteiger partial charge < -0.3 is 27.9 Å². The van der Waals surface area contributed by atoms with Crippen molar-refractivity contribution in [2.75, 3.05) is 54.1 Å². The van der Waals surface area contributed by atoms with E-state index in [9.17, 15) is 14.3 Å². The first-order valence-electron chi connectivity index (χ1n) is 17.1. The molecule has 0 saturated heterocycles. The maximum atomic E-state index is 12.5. The van der Waals surface area contributed by atoms with E-state index in [1.807, 2.05) is 21.1 Å². The van der Waals surface area contributed by atoms with Gasteiger partial charge in [-0.2, -0.15) is 0 Å². The van der Waals surface area contributed by atoms with Gasteiger partial charge in [-0.05, 0) is 44.9 Å². The summed E-state index contributed by atoms with van der Waals surface area (Å²) < 4.78 is 34.1. The summed E-state index contributed by atoms with van der Waals surface area (Å²) in [7, 11) is 1.34. The molecular weight excluding hydrogens is 565 g/mol. The van der Waals surface area contributed by atoms with Gasteiger partial charge in [-0.15, -0.1) is 0 Å². The molecule has 0 aromatic heterocycles. The molecule has 0 saturated carbocycles. The van der Waals surface area contributed by atoms with E-state index < -0.39 is 13.9 Å². The van der Waals surface area contributed by atoms with Gasteiger partial charge in [0.25, 0.3) is 7.82 Å². The molecule has 0 aliphatic heterocycles. The molecule has 0 radical (unpaired) electrons. The Morgan fingerprint density at radius 3 is 1.93 bits per heavy atom. The smallest absolute Gasteiger partial charge is 0.306 e. The predicted molar refractivity (Wildman–Crippen MR) is 176 cm³/mol. The highest BCUT2D eigenvalue weighted by Crippen LogP contribution is 2.38. The molecule has 43 heavy (non-hydrogen) atoms. The monoisotopic (exact) mass is 631 g/mol. The molecule has 254 valence electrons. The summed E-state index contributed by atoms with van der Waals surface area (Å²) in [5, 5.41) is 0. The van der Waals surface area contributed by atoms with Gasteiger partial charge in [-0.1, -0.05) is 102 Å². The highest BCUT2D eigenvalue weighted by atomic mass is 31.2. The molecule has 2 atom stereocenters. The van der Waals surface area contributed by atoms with Crippen LogP contribution in [0.25, 0.3) is 0 Å². The van der Waals surface area contributed by atoms with Crippen molar-refractivity contribution >= 4 is 13.8 Å². The fourth-order valence-corrected chi connectivity index (χ4v) is 5.01. The maximum Gasteiger partial charge on any atom is 0.306 e. The van der Waals surface area contributed by atoms with Crippen LogP contribution >= 0.6 is 7.82 Å². The third-order valence-electron chi connectivity index (χ3n) is 7.01. The molecular formula is C34H66NO7P. The van der Waals surface area contributed by atoms with Crippen LogP contribution in [0.1, 0.15) is 129 Å². The van der Waals surface area contributed by atoms with Crippen molar-refractivity contribution in [3.63, 3.8) is 0 Å². The Morgan fingerprint density at radius 1 is 0.721 bits per heavy atom. The zero-order valence-corrected chi connectivity index (χ0v) is 29.3. The number of quaternary nitrogens is 1. The van der Waals surface area contributed by atoms with Crippen molar-refractivity contribution in [2.24, 2.45) is 0 Å². The van der Waals surface area contributed by atoms with E-state index in [2.05, 4.69) is 38.2 Å². The number of allylic oxidation sites excluding steroid dienone is 4. The van der Waals surface area contributed by atoms with Crippen LogP contribution in [0, 0.1) is 0 Å². The number of phosphoric acid groups is 1. The summed E-state index contributed by atoms with van der Waals surface area (Å²) in [5.74, 6) is -0.353. The normalized spacial score (nSPS) is 14.5. The van der Waals surface area contributed by atoms with Crippen molar-refractivity contribution in [3.05, 3.63) is 24.3 Å². The summed E-state index contributed by atoms with van der Waals surface area (Å²) in [6.07, 6.45) is 27.7. The number of unbranched alkanes of at least 4 members (excludes halogenated alkanes) is 13. The van der Waals surface area contributed by atoms with E-state index >= 15 is 0 Å². The van der Waals surface area contributed by atoms with Crippen LogP contribution in [-0.4, -0.2) is 70.7 Å². The molecule has 0 bridgehead atoms. The number of likely N-dealkylation sites (N-methyl/N-ethyl adjacent to an activating group) is 1. The largest absolute Gasteiger partial charge is 0.756 e. The standard InChI is InChI=1S/C34H66NO7P/c1-6-8-10-12-14-15-16-17-18-19-20-21-22-23-25-27-34(36)42-33(31-39-29-26-24-13-11-9-7-2)32-41-43(37,38)40-30-28-35(3,4)5/h14-15,17-18,33H,6-13,16,19-32H2,1-5H3/b15-14-,18-17-. The first kappa shape index (κ1) is 42.0. The number of ether oxygens (including phenoxy) is 2. The first-order chi connectivity index (χ1) is 20.6. The van der Waals surface area contributed by atoms with Crippen LogP contribution in [0.3, 0.4) is 0 Å². The van der Waals surface area contributed by atoms with Crippen LogP contribution < -0.4 is 4.89 Å². The number of esters is 1. The fourth-order valence-electron chi connectivity index (χ4n) is 4.28. The second-order valence-electron chi connectivity index (χ2n) is 12.5. The number of hydrogen-bond donors (Lipinski definition) is 0. The van der Waals surface area contributed by atoms with E-state index in [0.29, 0.717) is 24.1 Å². The van der Waals surface area contributed by atoms with Crippen molar-refractivity contribution in [3.8, 4) is 0 Å². The lowest BCUT2D eigenvalue weighted by Crippen LogP contribution is -2.37. The van der Waals surface area contributed by atoms with E-state index in [4.69, 9.17) is 18.5 Å². The Balaban J connectivity index is 4.30. The maximum absolute atomic E-state index is 12.5. The Kier molecular flexibility index (Phi) is 27.8. The van der Waals surface area contributed by atoms with Gasteiger partial charge in [0.1, 0.15) is 19.3 Å². The van der Waals surface area contributed by atoms with Gasteiger partial charge in [-0.3, -0.25) is 9.36 Å². The Bertz CT molecular complexity index is 752. The zero-order chi connectivity index (χ0) is 32.1. The van der Waals surface area contributed by atoms with Crippen LogP contribution in [0.4, 0.5) is 0 Å². The van der Waals surface area contributed by atoms with Crippen LogP contribution in [0.2, 0.25) is 0 Å². The molecule has 0 heterocycles. The summed E-state index contributed by atoms with van der Waals surface area (Å²) in [5.41, 5.74) is 0. The van der Waals surface area contributed by atoms with Crippen LogP contribution in [0.15, 0.2) is 24.3 Å². The lowest BCUT2D eigenvalue weighted by Gasteiger charge is -2.28. The highest BCUT2D eigenvalue weighted by Gasteiger charge is 2.20. The average Bonchev–Trinajstić information content (AvgIpc) is 2.94. The van der Waals surface area contributed by atoms with Crippen molar-refractivity contribution in [1.29, 1.82) is 0 Å². The first-order valence-corrected chi connectivity index (χ1v) is 18.5. The lowest BCUT2D eigenvalue weighted by atomic mass is 10.1. The molecule has 0 aliphatic carbocycles. The highest BCUT2D eigenvalue weighted by molar-refractivity contribution is 7.45. The summed E-state index contributed by atoms with van der Waals surface area (Å²) >= 11 is 0. The predicted octanol–water partition coefficient (Wildman–Crippen LogP) is 8.30. The van der Waals surface area contributed by atoms with Crippen molar-refractivity contribution < 1.29 is 37.3 Å². The van der Waals surface area contributed by atoms with Gasteiger partial charge in [0.05, 0.1) is 34.4 Å². The number of phosphoric ester groups is 1. The molecule has 0 fully saturated rings. The fraction of sp³-hybridized carbons (Fsp3) is 0.853. The SMILES string of the molecule is CCCCC/C=C\C/C=C\CCCCCCCC(=O)OC(COCCCCCCCC)COP(=O)([O-])OCC[N+](C)(C)C. The molecule has 0 rings (SSSR count). The number of carbonyl (C=O) groups excluding carboxylic acids is 1. The van der Waals surface area contributed by atoms with Crippen LogP contribution in [0.5, 0.6) is 0 Å². The molecule has 0 aromatic carbocycles. The van der Waals surface area contributed by atoms with Gasteiger partial charge in [0.2, 0.25) is 0 Å². The van der Waals surface area contributed by atoms with Crippen molar-refractivity contribution in [2.45, 2.75) is 136 Å². The molecule has 0 aliphatic rings. The second-order valence-corrected chi connectivity index (χ2v) is 13.9. The Morgan fingerprint density at radius 2 is 1.28 bits per heavy atom. The van der Waals surface area contributed by atoms with Crippen molar-refractivity contribution in [1.82, 2.24) is 0 Å². The van der Waals surface area contributed by atoms with Crippen LogP contribution in [-0.2, 0) is 27.9 Å². The second kappa shape index (κ2) is 28.5. The number of carbonyl (C=O) groups is 1. The third kappa shape index (κ3) is 32.2. The quantitative estimate of drug-likeness (QED) is 0.0250. The molecule has 0 spiro atoms. The molecule has 2 unspecified atom stereocenters. The van der Waals surface area contributed by atoms with E-state index in [-0.39, 0.29) is 25.8 Å².